The molecule has 0 amide bonds. The normalized spacial score (nSPS) is 12.4. The molecular weight excluding hydrogens is 330 g/mol. The van der Waals surface area contributed by atoms with E-state index in [-0.39, 0.29) is 6.04 Å². The molecule has 0 aliphatic rings. The van der Waals surface area contributed by atoms with Crippen LogP contribution in [0.4, 0.5) is 0 Å². The second kappa shape index (κ2) is 6.83. The van der Waals surface area contributed by atoms with Gasteiger partial charge in [0.1, 0.15) is 0 Å². The number of rotatable bonds is 6. The molecule has 0 bridgehead atoms. The molecule has 108 valence electrons. The van der Waals surface area contributed by atoms with Gasteiger partial charge in [0.2, 0.25) is 10.0 Å². The molecule has 6 heteroatoms. The lowest BCUT2D eigenvalue weighted by Gasteiger charge is -2.26. The molecule has 4 nitrogen and oxygen atoms in total. The molecule has 0 N–H and O–H groups in total. The summed E-state index contributed by atoms with van der Waals surface area (Å²) in [6.45, 7) is 6.25. The predicted octanol–water partition coefficient (Wildman–Crippen LogP) is 2.80. The van der Waals surface area contributed by atoms with Crippen molar-refractivity contribution in [1.82, 2.24) is 4.31 Å². The van der Waals surface area contributed by atoms with Gasteiger partial charge in [-0.15, -0.1) is 0 Å². The van der Waals surface area contributed by atoms with E-state index >= 15 is 0 Å². The smallest absolute Gasteiger partial charge is 0.243 e. The monoisotopic (exact) mass is 349 g/mol. The summed E-state index contributed by atoms with van der Waals surface area (Å²) in [5.74, 6) is 0. The predicted molar refractivity (Wildman–Crippen MR) is 79.8 cm³/mol. The van der Waals surface area contributed by atoms with E-state index in [9.17, 15) is 8.42 Å². The van der Waals surface area contributed by atoms with Gasteiger partial charge in [-0.25, -0.2) is 8.42 Å². The summed E-state index contributed by atoms with van der Waals surface area (Å²) in [4.78, 5) is 0.340. The van der Waals surface area contributed by atoms with Gasteiger partial charge in [-0.3, -0.25) is 0 Å². The number of ether oxygens (including phenoxy) is 1. The summed E-state index contributed by atoms with van der Waals surface area (Å²) in [6.07, 6.45) is 0. The van der Waals surface area contributed by atoms with Gasteiger partial charge in [-0.05, 0) is 38.5 Å². The Hall–Kier alpha value is -0.430. The Labute approximate surface area is 123 Å². The Morgan fingerprint density at radius 3 is 2.53 bits per heavy atom. The lowest BCUT2D eigenvalue weighted by atomic mass is 10.2. The maximum Gasteiger partial charge on any atom is 0.243 e. The Morgan fingerprint density at radius 1 is 1.37 bits per heavy atom. The minimum absolute atomic E-state index is 0.112. The van der Waals surface area contributed by atoms with Crippen LogP contribution in [0.15, 0.2) is 27.6 Å². The van der Waals surface area contributed by atoms with Gasteiger partial charge in [0.05, 0.1) is 11.5 Å². The number of benzene rings is 1. The van der Waals surface area contributed by atoms with Crippen LogP contribution in [0.1, 0.15) is 19.4 Å². The van der Waals surface area contributed by atoms with E-state index in [1.807, 2.05) is 19.9 Å². The zero-order valence-electron chi connectivity index (χ0n) is 11.7. The molecule has 0 atom stereocenters. The Bertz CT molecular complexity index is 529. The Kier molecular flexibility index (Phi) is 5.98. The molecule has 0 aliphatic carbocycles. The second-order valence-corrected chi connectivity index (χ2v) is 7.39. The summed E-state index contributed by atoms with van der Waals surface area (Å²) in [5, 5.41) is 0. The quantitative estimate of drug-likeness (QED) is 0.793. The van der Waals surface area contributed by atoms with Gasteiger partial charge in [0, 0.05) is 24.2 Å². The molecule has 1 aromatic carbocycles. The van der Waals surface area contributed by atoms with Crippen LogP contribution in [0.2, 0.25) is 0 Å². The summed E-state index contributed by atoms with van der Waals surface area (Å²) in [5.41, 5.74) is 0.742. The van der Waals surface area contributed by atoms with Gasteiger partial charge < -0.3 is 4.74 Å². The van der Waals surface area contributed by atoms with Crippen molar-refractivity contribution in [2.45, 2.75) is 31.7 Å². The molecular formula is C13H20BrNO3S. The molecule has 0 unspecified atom stereocenters. The molecule has 0 fully saturated rings. The van der Waals surface area contributed by atoms with Crippen molar-refractivity contribution in [2.75, 3.05) is 20.3 Å². The fraction of sp³-hybridized carbons (Fsp3) is 0.538. The van der Waals surface area contributed by atoms with Gasteiger partial charge in [-0.2, -0.15) is 4.31 Å². The maximum atomic E-state index is 12.7. The van der Waals surface area contributed by atoms with E-state index in [2.05, 4.69) is 15.9 Å². The zero-order chi connectivity index (χ0) is 14.6. The molecule has 1 rings (SSSR count). The number of nitrogens with zero attached hydrogens (tertiary/aromatic N) is 1. The van der Waals surface area contributed by atoms with Crippen molar-refractivity contribution in [3.63, 3.8) is 0 Å². The molecule has 1 aromatic rings. The molecule has 0 saturated heterocycles. The number of hydrogen-bond acceptors (Lipinski definition) is 3. The van der Waals surface area contributed by atoms with Crippen molar-refractivity contribution >= 4 is 26.0 Å². The lowest BCUT2D eigenvalue weighted by Crippen LogP contribution is -2.39. The van der Waals surface area contributed by atoms with Gasteiger partial charge >= 0.3 is 0 Å². The summed E-state index contributed by atoms with van der Waals surface area (Å²) in [6, 6.07) is 5.17. The van der Waals surface area contributed by atoms with E-state index in [0.717, 1.165) is 10.0 Å². The van der Waals surface area contributed by atoms with E-state index in [0.29, 0.717) is 18.0 Å². The average Bonchev–Trinajstić information content (AvgIpc) is 2.32. The number of aryl methyl sites for hydroxylation is 1. The molecule has 0 saturated carbocycles. The molecule has 0 heterocycles. The first kappa shape index (κ1) is 16.6. The number of hydrogen-bond donors (Lipinski definition) is 0. The van der Waals surface area contributed by atoms with Crippen LogP contribution in [0.25, 0.3) is 0 Å². The third kappa shape index (κ3) is 4.02. The van der Waals surface area contributed by atoms with Crippen molar-refractivity contribution in [3.8, 4) is 0 Å². The third-order valence-electron chi connectivity index (χ3n) is 2.83. The summed E-state index contributed by atoms with van der Waals surface area (Å²) >= 11 is 3.32. The van der Waals surface area contributed by atoms with Crippen molar-refractivity contribution in [3.05, 3.63) is 28.2 Å². The summed E-state index contributed by atoms with van der Waals surface area (Å²) in [7, 11) is -1.94. The van der Waals surface area contributed by atoms with Crippen LogP contribution < -0.4 is 0 Å². The first-order valence-electron chi connectivity index (χ1n) is 6.07. The van der Waals surface area contributed by atoms with E-state index in [4.69, 9.17) is 4.74 Å². The largest absolute Gasteiger partial charge is 0.383 e. The van der Waals surface area contributed by atoms with Crippen LogP contribution in [-0.2, 0) is 14.8 Å². The molecule has 19 heavy (non-hydrogen) atoms. The highest BCUT2D eigenvalue weighted by Crippen LogP contribution is 2.25. The fourth-order valence-electron chi connectivity index (χ4n) is 1.82. The molecule has 0 radical (unpaired) electrons. The fourth-order valence-corrected chi connectivity index (χ4v) is 4.20. The topological polar surface area (TPSA) is 46.6 Å². The first-order valence-corrected chi connectivity index (χ1v) is 8.31. The zero-order valence-corrected chi connectivity index (χ0v) is 14.1. The van der Waals surface area contributed by atoms with E-state index < -0.39 is 10.0 Å². The van der Waals surface area contributed by atoms with Gasteiger partial charge in [0.25, 0.3) is 0 Å². The SMILES string of the molecule is COCCN(C(C)C)S(=O)(=O)c1cc(Br)ccc1C. The van der Waals surface area contributed by atoms with Crippen molar-refractivity contribution in [2.24, 2.45) is 0 Å². The Balaban J connectivity index is 3.22. The van der Waals surface area contributed by atoms with Gasteiger partial charge in [0.15, 0.2) is 0 Å². The van der Waals surface area contributed by atoms with Crippen LogP contribution in [0, 0.1) is 6.92 Å². The Morgan fingerprint density at radius 2 is 2.00 bits per heavy atom. The lowest BCUT2D eigenvalue weighted by molar-refractivity contribution is 0.171. The van der Waals surface area contributed by atoms with Crippen LogP contribution in [-0.4, -0.2) is 39.0 Å². The molecule has 0 aromatic heterocycles. The minimum atomic E-state index is -3.50. The van der Waals surface area contributed by atoms with Crippen LogP contribution in [0.3, 0.4) is 0 Å². The van der Waals surface area contributed by atoms with Crippen LogP contribution in [0.5, 0.6) is 0 Å². The van der Waals surface area contributed by atoms with Crippen LogP contribution >= 0.6 is 15.9 Å². The standard InChI is InChI=1S/C13H20BrNO3S/c1-10(2)15(7-8-18-4)19(16,17)13-9-12(14)6-5-11(13)3/h5-6,9-10H,7-8H2,1-4H3. The second-order valence-electron chi connectivity index (χ2n) is 4.61. The minimum Gasteiger partial charge on any atom is -0.383 e. The van der Waals surface area contributed by atoms with E-state index in [1.54, 1.807) is 26.2 Å². The van der Waals surface area contributed by atoms with Gasteiger partial charge in [-0.1, -0.05) is 22.0 Å². The maximum absolute atomic E-state index is 12.7. The highest BCUT2D eigenvalue weighted by atomic mass is 79.9. The van der Waals surface area contributed by atoms with Crippen molar-refractivity contribution < 1.29 is 13.2 Å². The van der Waals surface area contributed by atoms with E-state index in [1.165, 1.54) is 4.31 Å². The first-order chi connectivity index (χ1) is 8.80. The highest BCUT2D eigenvalue weighted by Gasteiger charge is 2.28. The number of methoxy groups -OCH3 is 1. The number of sulfonamides is 1. The number of halogens is 1. The third-order valence-corrected chi connectivity index (χ3v) is 5.54. The average molecular weight is 350 g/mol. The molecule has 0 spiro atoms. The highest BCUT2D eigenvalue weighted by molar-refractivity contribution is 9.10. The summed E-state index contributed by atoms with van der Waals surface area (Å²) < 4.78 is 32.6. The molecule has 0 aliphatic heterocycles. The van der Waals surface area contributed by atoms with Crippen molar-refractivity contribution in [1.29, 1.82) is 0 Å².